The standard InChI is InChI=1S/C10H17N3O2/c1-6(11)4-9(14)12-5-10-13-7(2)8(3)15-10/h6H,4-5,11H2,1-3H3,(H,12,14). The third-order valence-corrected chi connectivity index (χ3v) is 2.02. The quantitative estimate of drug-likeness (QED) is 0.766. The van der Waals surface area contributed by atoms with Crippen molar-refractivity contribution in [2.75, 3.05) is 0 Å². The fourth-order valence-electron chi connectivity index (χ4n) is 1.15. The topological polar surface area (TPSA) is 81.2 Å². The molecule has 15 heavy (non-hydrogen) atoms. The number of hydrogen-bond acceptors (Lipinski definition) is 4. The Hall–Kier alpha value is -1.36. The first-order chi connectivity index (χ1) is 6.99. The van der Waals surface area contributed by atoms with E-state index >= 15 is 0 Å². The number of carbonyl (C=O) groups excluding carboxylic acids is 1. The molecular formula is C10H17N3O2. The van der Waals surface area contributed by atoms with E-state index in [1.165, 1.54) is 0 Å². The van der Waals surface area contributed by atoms with Crippen LogP contribution in [0.2, 0.25) is 0 Å². The maximum absolute atomic E-state index is 11.3. The highest BCUT2D eigenvalue weighted by Crippen LogP contribution is 2.07. The molecule has 0 aromatic carbocycles. The number of nitrogens with two attached hydrogens (primary N) is 1. The molecule has 0 aliphatic carbocycles. The summed E-state index contributed by atoms with van der Waals surface area (Å²) < 4.78 is 5.31. The highest BCUT2D eigenvalue weighted by molar-refractivity contribution is 5.76. The van der Waals surface area contributed by atoms with Crippen LogP contribution in [-0.2, 0) is 11.3 Å². The average molecular weight is 211 g/mol. The Morgan fingerprint density at radius 2 is 2.27 bits per heavy atom. The van der Waals surface area contributed by atoms with Gasteiger partial charge < -0.3 is 15.5 Å². The van der Waals surface area contributed by atoms with E-state index in [1.807, 2.05) is 13.8 Å². The van der Waals surface area contributed by atoms with Crippen LogP contribution in [0.4, 0.5) is 0 Å². The minimum Gasteiger partial charge on any atom is -0.444 e. The lowest BCUT2D eigenvalue weighted by molar-refractivity contribution is -0.121. The summed E-state index contributed by atoms with van der Waals surface area (Å²) in [4.78, 5) is 15.4. The number of aromatic nitrogens is 1. The predicted molar refractivity (Wildman–Crippen MR) is 56.1 cm³/mol. The Balaban J connectivity index is 2.40. The second-order valence-corrected chi connectivity index (χ2v) is 3.71. The highest BCUT2D eigenvalue weighted by atomic mass is 16.4. The Morgan fingerprint density at radius 1 is 1.60 bits per heavy atom. The first-order valence-electron chi connectivity index (χ1n) is 4.94. The molecule has 0 radical (unpaired) electrons. The molecule has 1 amide bonds. The molecule has 1 heterocycles. The molecule has 5 nitrogen and oxygen atoms in total. The van der Waals surface area contributed by atoms with Crippen molar-refractivity contribution in [3.63, 3.8) is 0 Å². The zero-order chi connectivity index (χ0) is 11.4. The van der Waals surface area contributed by atoms with Crippen molar-refractivity contribution in [1.82, 2.24) is 10.3 Å². The number of hydrogen-bond donors (Lipinski definition) is 2. The van der Waals surface area contributed by atoms with E-state index in [0.717, 1.165) is 11.5 Å². The van der Waals surface area contributed by atoms with Gasteiger partial charge in [0.05, 0.1) is 12.2 Å². The van der Waals surface area contributed by atoms with E-state index in [4.69, 9.17) is 10.2 Å². The summed E-state index contributed by atoms with van der Waals surface area (Å²) in [6.07, 6.45) is 0.318. The Morgan fingerprint density at radius 3 is 2.73 bits per heavy atom. The van der Waals surface area contributed by atoms with Gasteiger partial charge in [-0.2, -0.15) is 0 Å². The van der Waals surface area contributed by atoms with Crippen LogP contribution in [-0.4, -0.2) is 16.9 Å². The van der Waals surface area contributed by atoms with Crippen LogP contribution in [0, 0.1) is 13.8 Å². The molecular weight excluding hydrogens is 194 g/mol. The summed E-state index contributed by atoms with van der Waals surface area (Å²) in [6, 6.07) is -0.127. The number of rotatable bonds is 4. The van der Waals surface area contributed by atoms with Gasteiger partial charge in [0, 0.05) is 12.5 Å². The normalized spacial score (nSPS) is 12.5. The second-order valence-electron chi connectivity index (χ2n) is 3.71. The minimum absolute atomic E-state index is 0.0847. The lowest BCUT2D eigenvalue weighted by atomic mass is 10.2. The SMILES string of the molecule is Cc1nc(CNC(=O)CC(C)N)oc1C. The summed E-state index contributed by atoms with van der Waals surface area (Å²) in [6.45, 7) is 5.82. The lowest BCUT2D eigenvalue weighted by Crippen LogP contribution is -2.29. The van der Waals surface area contributed by atoms with Gasteiger partial charge in [0.15, 0.2) is 0 Å². The van der Waals surface area contributed by atoms with E-state index in [2.05, 4.69) is 10.3 Å². The Labute approximate surface area is 89.1 Å². The molecule has 0 spiro atoms. The molecule has 1 aromatic rings. The van der Waals surface area contributed by atoms with Crippen LogP contribution in [0.3, 0.4) is 0 Å². The third-order valence-electron chi connectivity index (χ3n) is 2.02. The molecule has 5 heteroatoms. The van der Waals surface area contributed by atoms with Gasteiger partial charge in [-0.25, -0.2) is 4.98 Å². The van der Waals surface area contributed by atoms with Crippen molar-refractivity contribution in [3.8, 4) is 0 Å². The molecule has 0 aliphatic heterocycles. The van der Waals surface area contributed by atoms with Gasteiger partial charge in [0.25, 0.3) is 0 Å². The van der Waals surface area contributed by atoms with Crippen LogP contribution in [0.5, 0.6) is 0 Å². The van der Waals surface area contributed by atoms with Crippen LogP contribution in [0.25, 0.3) is 0 Å². The van der Waals surface area contributed by atoms with Crippen LogP contribution >= 0.6 is 0 Å². The number of nitrogens with one attached hydrogen (secondary N) is 1. The molecule has 0 saturated carbocycles. The first-order valence-corrected chi connectivity index (χ1v) is 4.94. The fourth-order valence-corrected chi connectivity index (χ4v) is 1.15. The molecule has 1 atom stereocenters. The van der Waals surface area contributed by atoms with Crippen molar-refractivity contribution in [3.05, 3.63) is 17.3 Å². The van der Waals surface area contributed by atoms with Gasteiger partial charge in [-0.05, 0) is 20.8 Å². The van der Waals surface area contributed by atoms with Crippen LogP contribution in [0.15, 0.2) is 4.42 Å². The molecule has 1 unspecified atom stereocenters. The van der Waals surface area contributed by atoms with E-state index in [-0.39, 0.29) is 11.9 Å². The van der Waals surface area contributed by atoms with E-state index in [1.54, 1.807) is 6.92 Å². The molecule has 1 rings (SSSR count). The number of aryl methyl sites for hydroxylation is 2. The summed E-state index contributed by atoms with van der Waals surface area (Å²) in [5.41, 5.74) is 6.34. The van der Waals surface area contributed by atoms with Crippen LogP contribution < -0.4 is 11.1 Å². The van der Waals surface area contributed by atoms with Crippen molar-refractivity contribution < 1.29 is 9.21 Å². The maximum atomic E-state index is 11.3. The van der Waals surface area contributed by atoms with Gasteiger partial charge in [-0.3, -0.25) is 4.79 Å². The Bertz CT molecular complexity index is 325. The summed E-state index contributed by atoms with van der Waals surface area (Å²) in [7, 11) is 0. The van der Waals surface area contributed by atoms with Gasteiger partial charge in [0.1, 0.15) is 5.76 Å². The highest BCUT2D eigenvalue weighted by Gasteiger charge is 2.08. The maximum Gasteiger partial charge on any atom is 0.221 e. The molecule has 0 aliphatic rings. The lowest BCUT2D eigenvalue weighted by Gasteiger charge is -2.04. The van der Waals surface area contributed by atoms with Crippen molar-refractivity contribution >= 4 is 5.91 Å². The van der Waals surface area contributed by atoms with Crippen molar-refractivity contribution in [2.24, 2.45) is 5.73 Å². The van der Waals surface area contributed by atoms with E-state index in [9.17, 15) is 4.79 Å². The zero-order valence-electron chi connectivity index (χ0n) is 9.33. The van der Waals surface area contributed by atoms with Gasteiger partial charge in [-0.1, -0.05) is 0 Å². The number of nitrogens with zero attached hydrogens (tertiary/aromatic N) is 1. The summed E-state index contributed by atoms with van der Waals surface area (Å²) >= 11 is 0. The van der Waals surface area contributed by atoms with Gasteiger partial charge >= 0.3 is 0 Å². The molecule has 0 saturated heterocycles. The first kappa shape index (κ1) is 11.7. The zero-order valence-corrected chi connectivity index (χ0v) is 9.33. The number of oxazole rings is 1. The van der Waals surface area contributed by atoms with Crippen LogP contribution in [0.1, 0.15) is 30.7 Å². The largest absolute Gasteiger partial charge is 0.444 e. The van der Waals surface area contributed by atoms with Gasteiger partial charge in [0.2, 0.25) is 11.8 Å². The van der Waals surface area contributed by atoms with E-state index < -0.39 is 0 Å². The molecule has 0 bridgehead atoms. The Kier molecular flexibility index (Phi) is 3.85. The summed E-state index contributed by atoms with van der Waals surface area (Å²) in [5.74, 6) is 1.23. The van der Waals surface area contributed by atoms with E-state index in [0.29, 0.717) is 18.9 Å². The number of amides is 1. The minimum atomic E-state index is -0.127. The molecule has 0 fully saturated rings. The molecule has 1 aromatic heterocycles. The molecule has 3 N–H and O–H groups in total. The predicted octanol–water partition coefficient (Wildman–Crippen LogP) is 0.645. The van der Waals surface area contributed by atoms with Crippen molar-refractivity contribution in [1.29, 1.82) is 0 Å². The fraction of sp³-hybridized carbons (Fsp3) is 0.600. The smallest absolute Gasteiger partial charge is 0.221 e. The third kappa shape index (κ3) is 3.71. The van der Waals surface area contributed by atoms with Gasteiger partial charge in [-0.15, -0.1) is 0 Å². The average Bonchev–Trinajstić information content (AvgIpc) is 2.42. The molecule has 84 valence electrons. The van der Waals surface area contributed by atoms with Crippen molar-refractivity contribution in [2.45, 2.75) is 39.8 Å². The number of carbonyl (C=O) groups is 1. The monoisotopic (exact) mass is 211 g/mol. The second kappa shape index (κ2) is 4.93. The summed E-state index contributed by atoms with van der Waals surface area (Å²) in [5, 5.41) is 2.70.